The molecule has 0 aromatic carbocycles. The second-order valence-corrected chi connectivity index (χ2v) is 6.20. The lowest BCUT2D eigenvalue weighted by Crippen LogP contribution is -2.62. The first kappa shape index (κ1) is 17.6. The van der Waals surface area contributed by atoms with Crippen LogP contribution < -0.4 is 27.4 Å². The highest BCUT2D eigenvalue weighted by molar-refractivity contribution is 6.09. The number of amides is 4. The van der Waals surface area contributed by atoms with Gasteiger partial charge in [-0.3, -0.25) is 25.6 Å². The standard InChI is InChI=1S/C15H19N7O4/c16-4-9(6-18-5-8-1-2-8)10-3-11(26-22-10)12(23)19-7-15(17)13(24)20-14(25)21-15/h3-4,6,8H,1-2,5,7,16-17H2,(H,19,23)(H2,20,21,24,25)/t15-/m1/s1. The van der Waals surface area contributed by atoms with Gasteiger partial charge in [0.1, 0.15) is 5.69 Å². The van der Waals surface area contributed by atoms with Gasteiger partial charge in [0, 0.05) is 30.6 Å². The smallest absolute Gasteiger partial charge is 0.323 e. The van der Waals surface area contributed by atoms with E-state index < -0.39 is 23.5 Å². The summed E-state index contributed by atoms with van der Waals surface area (Å²) in [6, 6.07) is 0.671. The van der Waals surface area contributed by atoms with Crippen molar-refractivity contribution in [1.29, 1.82) is 0 Å². The van der Waals surface area contributed by atoms with E-state index >= 15 is 0 Å². The SMILES string of the molecule is NC=C(C=NCC1CC1)c1cc(C(=O)NC[C@@]2(N)NC(=O)NC2=O)on1. The zero-order valence-electron chi connectivity index (χ0n) is 13.8. The predicted molar refractivity (Wildman–Crippen MR) is 90.7 cm³/mol. The van der Waals surface area contributed by atoms with Gasteiger partial charge in [-0.15, -0.1) is 0 Å². The number of aliphatic imine (C=N–C) groups is 1. The number of carbonyl (C=O) groups is 3. The van der Waals surface area contributed by atoms with Gasteiger partial charge in [-0.2, -0.15) is 0 Å². The normalized spacial score (nSPS) is 23.2. The van der Waals surface area contributed by atoms with Crippen molar-refractivity contribution in [2.24, 2.45) is 22.4 Å². The van der Waals surface area contributed by atoms with Crippen LogP contribution in [0.4, 0.5) is 4.79 Å². The van der Waals surface area contributed by atoms with Crippen molar-refractivity contribution in [1.82, 2.24) is 21.1 Å². The van der Waals surface area contributed by atoms with Crippen molar-refractivity contribution in [2.75, 3.05) is 13.1 Å². The fourth-order valence-corrected chi connectivity index (χ4v) is 2.25. The number of hydrogen-bond donors (Lipinski definition) is 5. The molecule has 7 N–H and O–H groups in total. The summed E-state index contributed by atoms with van der Waals surface area (Å²) in [6.07, 6.45) is 5.29. The fraction of sp³-hybridized carbons (Fsp3) is 0.400. The Hall–Kier alpha value is -3.21. The maximum atomic E-state index is 12.1. The van der Waals surface area contributed by atoms with Crippen molar-refractivity contribution in [3.8, 4) is 0 Å². The van der Waals surface area contributed by atoms with E-state index in [0.717, 1.165) is 6.54 Å². The van der Waals surface area contributed by atoms with Crippen molar-refractivity contribution in [3.63, 3.8) is 0 Å². The minimum atomic E-state index is -1.71. The zero-order valence-corrected chi connectivity index (χ0v) is 13.8. The monoisotopic (exact) mass is 361 g/mol. The summed E-state index contributed by atoms with van der Waals surface area (Å²) in [5.41, 5.74) is 10.5. The molecule has 1 saturated carbocycles. The molecule has 1 aromatic heterocycles. The molecule has 11 heteroatoms. The van der Waals surface area contributed by atoms with Crippen LogP contribution in [-0.4, -0.2) is 48.0 Å². The van der Waals surface area contributed by atoms with Crippen molar-refractivity contribution in [3.05, 3.63) is 23.7 Å². The molecule has 11 nitrogen and oxygen atoms in total. The summed E-state index contributed by atoms with van der Waals surface area (Å²) in [5, 5.41) is 10.4. The summed E-state index contributed by atoms with van der Waals surface area (Å²) >= 11 is 0. The van der Waals surface area contributed by atoms with E-state index in [0.29, 0.717) is 17.2 Å². The van der Waals surface area contributed by atoms with E-state index in [9.17, 15) is 14.4 Å². The predicted octanol–water partition coefficient (Wildman–Crippen LogP) is -1.32. The number of nitrogens with zero attached hydrogens (tertiary/aromatic N) is 2. The Kier molecular flexibility index (Phi) is 4.71. The first-order valence-corrected chi connectivity index (χ1v) is 8.01. The first-order valence-electron chi connectivity index (χ1n) is 8.01. The van der Waals surface area contributed by atoms with Gasteiger partial charge in [0.25, 0.3) is 11.8 Å². The molecule has 138 valence electrons. The Morgan fingerprint density at radius 3 is 2.88 bits per heavy atom. The number of nitrogens with one attached hydrogen (secondary N) is 3. The van der Waals surface area contributed by atoms with Crippen LogP contribution in [0.3, 0.4) is 0 Å². The summed E-state index contributed by atoms with van der Waals surface area (Å²) in [6.45, 7) is 0.413. The molecule has 2 fully saturated rings. The number of rotatable bonds is 7. The van der Waals surface area contributed by atoms with E-state index in [-0.39, 0.29) is 12.3 Å². The average molecular weight is 361 g/mol. The second-order valence-electron chi connectivity index (χ2n) is 6.20. The van der Waals surface area contributed by atoms with Gasteiger partial charge in [0.15, 0.2) is 5.66 Å². The molecule has 4 amide bonds. The number of hydrogen-bond acceptors (Lipinski definition) is 8. The third-order valence-corrected chi connectivity index (χ3v) is 4.00. The van der Waals surface area contributed by atoms with Gasteiger partial charge in [-0.25, -0.2) is 4.79 Å². The molecule has 0 spiro atoms. The minimum Gasteiger partial charge on any atom is -0.404 e. The number of allylic oxidation sites excluding steroid dienone is 1. The molecule has 3 rings (SSSR count). The van der Waals surface area contributed by atoms with E-state index in [2.05, 4.69) is 20.8 Å². The number of nitrogens with two attached hydrogens (primary N) is 2. The van der Waals surface area contributed by atoms with Crippen molar-refractivity contribution in [2.45, 2.75) is 18.5 Å². The number of aromatic nitrogens is 1. The summed E-state index contributed by atoms with van der Waals surface area (Å²) < 4.78 is 5.00. The molecule has 1 aromatic rings. The van der Waals surface area contributed by atoms with Crippen LogP contribution in [0.2, 0.25) is 0 Å². The first-order chi connectivity index (χ1) is 12.4. The van der Waals surface area contributed by atoms with Gasteiger partial charge in [-0.1, -0.05) is 5.16 Å². The fourth-order valence-electron chi connectivity index (χ4n) is 2.25. The minimum absolute atomic E-state index is 0.0942. The van der Waals surface area contributed by atoms with Gasteiger partial charge in [0.2, 0.25) is 5.76 Å². The molecule has 0 bridgehead atoms. The van der Waals surface area contributed by atoms with Gasteiger partial charge >= 0.3 is 6.03 Å². The Bertz CT molecular complexity index is 796. The van der Waals surface area contributed by atoms with Crippen LogP contribution in [0.5, 0.6) is 0 Å². The Labute approximate surface area is 148 Å². The van der Waals surface area contributed by atoms with Crippen molar-refractivity contribution >= 4 is 29.6 Å². The lowest BCUT2D eigenvalue weighted by atomic mass is 10.1. The van der Waals surface area contributed by atoms with Crippen LogP contribution in [0.1, 0.15) is 29.1 Å². The molecular formula is C15H19N7O4. The van der Waals surface area contributed by atoms with Crippen LogP contribution >= 0.6 is 0 Å². The van der Waals surface area contributed by atoms with E-state index in [1.54, 1.807) is 6.21 Å². The lowest BCUT2D eigenvalue weighted by Gasteiger charge is -2.20. The molecule has 1 atom stereocenters. The highest BCUT2D eigenvalue weighted by Gasteiger charge is 2.43. The van der Waals surface area contributed by atoms with Crippen molar-refractivity contribution < 1.29 is 18.9 Å². The summed E-state index contributed by atoms with van der Waals surface area (Å²) in [7, 11) is 0. The second kappa shape index (κ2) is 6.96. The van der Waals surface area contributed by atoms with Crippen LogP contribution in [0, 0.1) is 5.92 Å². The molecule has 1 saturated heterocycles. The maximum absolute atomic E-state index is 12.1. The molecule has 26 heavy (non-hydrogen) atoms. The third kappa shape index (κ3) is 3.88. The Morgan fingerprint density at radius 1 is 1.50 bits per heavy atom. The summed E-state index contributed by atoms with van der Waals surface area (Å²) in [4.78, 5) is 39.2. The van der Waals surface area contributed by atoms with Crippen LogP contribution in [0.15, 0.2) is 21.8 Å². The number of urea groups is 1. The largest absolute Gasteiger partial charge is 0.404 e. The van der Waals surface area contributed by atoms with Crippen LogP contribution in [0.25, 0.3) is 5.57 Å². The Morgan fingerprint density at radius 2 is 2.27 bits per heavy atom. The van der Waals surface area contributed by atoms with E-state index in [1.807, 2.05) is 5.32 Å². The number of carbonyl (C=O) groups excluding carboxylic acids is 3. The zero-order chi connectivity index (χ0) is 18.7. The molecule has 1 aliphatic heterocycles. The average Bonchev–Trinajstić information content (AvgIpc) is 3.22. The quantitative estimate of drug-likeness (QED) is 0.295. The van der Waals surface area contributed by atoms with E-state index in [1.165, 1.54) is 25.1 Å². The maximum Gasteiger partial charge on any atom is 0.323 e. The third-order valence-electron chi connectivity index (χ3n) is 4.00. The van der Waals surface area contributed by atoms with Gasteiger partial charge < -0.3 is 20.9 Å². The topological polar surface area (TPSA) is 178 Å². The molecule has 1 aliphatic carbocycles. The summed E-state index contributed by atoms with van der Waals surface area (Å²) in [5.74, 6) is -0.834. The molecule has 2 aliphatic rings. The van der Waals surface area contributed by atoms with Crippen LogP contribution in [-0.2, 0) is 4.79 Å². The lowest BCUT2D eigenvalue weighted by molar-refractivity contribution is -0.123. The number of imide groups is 1. The molecule has 0 unspecified atom stereocenters. The van der Waals surface area contributed by atoms with Gasteiger partial charge in [0.05, 0.1) is 6.54 Å². The Balaban J connectivity index is 1.59. The molecule has 2 heterocycles. The molecule has 0 radical (unpaired) electrons. The highest BCUT2D eigenvalue weighted by atomic mass is 16.5. The van der Waals surface area contributed by atoms with Gasteiger partial charge in [-0.05, 0) is 18.8 Å². The molecular weight excluding hydrogens is 342 g/mol. The van der Waals surface area contributed by atoms with E-state index in [4.69, 9.17) is 16.0 Å². The highest BCUT2D eigenvalue weighted by Crippen LogP contribution is 2.28.